The Bertz CT molecular complexity index is 1110. The van der Waals surface area contributed by atoms with Gasteiger partial charge in [0.2, 0.25) is 10.0 Å². The van der Waals surface area contributed by atoms with Crippen LogP contribution < -0.4 is 4.72 Å². The first-order valence-corrected chi connectivity index (χ1v) is 10.1. The molecule has 0 aliphatic rings. The van der Waals surface area contributed by atoms with E-state index in [0.717, 1.165) is 0 Å². The number of carbonyl (C=O) groups is 1. The highest BCUT2D eigenvalue weighted by molar-refractivity contribution is 7.89. The fourth-order valence-electron chi connectivity index (χ4n) is 2.90. The van der Waals surface area contributed by atoms with Gasteiger partial charge in [0, 0.05) is 11.6 Å². The van der Waals surface area contributed by atoms with Gasteiger partial charge in [-0.05, 0) is 56.3 Å². The summed E-state index contributed by atoms with van der Waals surface area (Å²) in [6.07, 6.45) is 0. The molecule has 0 unspecified atom stereocenters. The topological polar surface area (TPSA) is 101 Å². The zero-order chi connectivity index (χ0) is 19.8. The minimum atomic E-state index is -3.76. The largest absolute Gasteiger partial charge is 0.478 e. The molecule has 0 aliphatic heterocycles. The highest BCUT2D eigenvalue weighted by Crippen LogP contribution is 2.24. The van der Waals surface area contributed by atoms with Crippen LogP contribution in [0.5, 0.6) is 0 Å². The van der Waals surface area contributed by atoms with E-state index in [4.69, 9.17) is 11.6 Å². The number of aromatic carboxylic acids is 1. The van der Waals surface area contributed by atoms with Gasteiger partial charge in [-0.2, -0.15) is 0 Å². The third-order valence-corrected chi connectivity index (χ3v) is 5.99. The monoisotopic (exact) mass is 407 g/mol. The van der Waals surface area contributed by atoms with Crippen molar-refractivity contribution >= 4 is 38.6 Å². The second kappa shape index (κ2) is 7.30. The van der Waals surface area contributed by atoms with Crippen LogP contribution in [0.15, 0.2) is 47.4 Å². The Labute approximate surface area is 161 Å². The number of sulfonamides is 1. The zero-order valence-corrected chi connectivity index (χ0v) is 16.3. The second-order valence-corrected chi connectivity index (χ2v) is 8.17. The minimum absolute atomic E-state index is 0.103. The van der Waals surface area contributed by atoms with Gasteiger partial charge in [0.05, 0.1) is 27.5 Å². The van der Waals surface area contributed by atoms with Crippen LogP contribution in [0.1, 0.15) is 36.1 Å². The van der Waals surface area contributed by atoms with E-state index in [1.807, 2.05) is 6.92 Å². The van der Waals surface area contributed by atoms with Crippen molar-refractivity contribution in [3.05, 3.63) is 58.9 Å². The number of imidazole rings is 1. The molecule has 2 N–H and O–H groups in total. The highest BCUT2D eigenvalue weighted by Gasteiger charge is 2.23. The number of halogens is 1. The standard InChI is InChI=1S/C18H18ClN3O4S/c1-3-22-16-10-12(18(23)24)4-9-15(16)20-17(22)11(2)21-27(25,26)14-7-5-13(19)6-8-14/h4-11,21H,3H2,1-2H3,(H,23,24)/t11-/m1/s1. The van der Waals surface area contributed by atoms with E-state index >= 15 is 0 Å². The Kier molecular flexibility index (Phi) is 5.23. The summed E-state index contributed by atoms with van der Waals surface area (Å²) in [5.41, 5.74) is 1.40. The van der Waals surface area contributed by atoms with Gasteiger partial charge in [0.15, 0.2) is 0 Å². The van der Waals surface area contributed by atoms with Crippen molar-refractivity contribution in [1.29, 1.82) is 0 Å². The lowest BCUT2D eigenvalue weighted by atomic mass is 10.2. The van der Waals surface area contributed by atoms with E-state index in [-0.39, 0.29) is 10.5 Å². The molecule has 1 atom stereocenters. The summed E-state index contributed by atoms with van der Waals surface area (Å²) in [7, 11) is -3.76. The van der Waals surface area contributed by atoms with Crippen LogP contribution in [0.2, 0.25) is 5.02 Å². The van der Waals surface area contributed by atoms with Crippen LogP contribution in [0.4, 0.5) is 0 Å². The molecule has 0 amide bonds. The number of hydrogen-bond acceptors (Lipinski definition) is 4. The molecule has 3 rings (SSSR count). The number of nitrogens with one attached hydrogen (secondary N) is 1. The molecule has 1 heterocycles. The summed E-state index contributed by atoms with van der Waals surface area (Å²) >= 11 is 5.81. The molecule has 9 heteroatoms. The molecule has 142 valence electrons. The average molecular weight is 408 g/mol. The van der Waals surface area contributed by atoms with Crippen molar-refractivity contribution in [2.75, 3.05) is 0 Å². The second-order valence-electron chi connectivity index (χ2n) is 6.02. The summed E-state index contributed by atoms with van der Waals surface area (Å²) < 4.78 is 29.6. The highest BCUT2D eigenvalue weighted by atomic mass is 35.5. The van der Waals surface area contributed by atoms with E-state index < -0.39 is 22.0 Å². The van der Waals surface area contributed by atoms with Gasteiger partial charge < -0.3 is 9.67 Å². The number of benzene rings is 2. The molecule has 1 aromatic heterocycles. The van der Waals surface area contributed by atoms with Crippen LogP contribution in [-0.2, 0) is 16.6 Å². The number of rotatable bonds is 6. The molecule has 2 aromatic carbocycles. The molecule has 0 saturated carbocycles. The van der Waals surface area contributed by atoms with Gasteiger partial charge in [0.1, 0.15) is 5.82 Å². The van der Waals surface area contributed by atoms with Crippen LogP contribution in [0.25, 0.3) is 11.0 Å². The Hall–Kier alpha value is -2.42. The van der Waals surface area contributed by atoms with Gasteiger partial charge in [-0.25, -0.2) is 22.9 Å². The van der Waals surface area contributed by atoms with Crippen molar-refractivity contribution < 1.29 is 18.3 Å². The number of nitrogens with zero attached hydrogens (tertiary/aromatic N) is 2. The van der Waals surface area contributed by atoms with Crippen molar-refractivity contribution in [1.82, 2.24) is 14.3 Å². The van der Waals surface area contributed by atoms with Crippen LogP contribution in [-0.4, -0.2) is 29.0 Å². The van der Waals surface area contributed by atoms with Gasteiger partial charge in [-0.1, -0.05) is 11.6 Å². The van der Waals surface area contributed by atoms with Gasteiger partial charge in [-0.3, -0.25) is 0 Å². The maximum absolute atomic E-state index is 12.6. The molecule has 7 nitrogen and oxygen atoms in total. The maximum atomic E-state index is 12.6. The lowest BCUT2D eigenvalue weighted by Crippen LogP contribution is -2.28. The molecule has 0 saturated heterocycles. The lowest BCUT2D eigenvalue weighted by Gasteiger charge is -2.15. The summed E-state index contributed by atoms with van der Waals surface area (Å²) in [6, 6.07) is 9.90. The minimum Gasteiger partial charge on any atom is -0.478 e. The van der Waals surface area contributed by atoms with Gasteiger partial charge >= 0.3 is 5.97 Å². The number of fused-ring (bicyclic) bond motifs is 1. The van der Waals surface area contributed by atoms with Crippen LogP contribution >= 0.6 is 11.6 Å². The van der Waals surface area contributed by atoms with E-state index in [0.29, 0.717) is 28.4 Å². The number of aromatic nitrogens is 2. The first-order valence-electron chi connectivity index (χ1n) is 8.24. The Morgan fingerprint density at radius 3 is 2.52 bits per heavy atom. The molecule has 0 fully saturated rings. The molecule has 0 bridgehead atoms. The van der Waals surface area contributed by atoms with Crippen LogP contribution in [0, 0.1) is 0 Å². The zero-order valence-electron chi connectivity index (χ0n) is 14.7. The first kappa shape index (κ1) is 19.3. The van der Waals surface area contributed by atoms with Crippen molar-refractivity contribution in [2.24, 2.45) is 0 Å². The number of carboxylic acids is 1. The number of aryl methyl sites for hydroxylation is 1. The van der Waals surface area contributed by atoms with Crippen LogP contribution in [0.3, 0.4) is 0 Å². The molecular weight excluding hydrogens is 390 g/mol. The van der Waals surface area contributed by atoms with Crippen molar-refractivity contribution in [2.45, 2.75) is 31.3 Å². The quantitative estimate of drug-likeness (QED) is 0.651. The maximum Gasteiger partial charge on any atom is 0.335 e. The Morgan fingerprint density at radius 1 is 1.26 bits per heavy atom. The Morgan fingerprint density at radius 2 is 1.93 bits per heavy atom. The van der Waals surface area contributed by atoms with Gasteiger partial charge in [0.25, 0.3) is 0 Å². The van der Waals surface area contributed by atoms with Crippen molar-refractivity contribution in [3.8, 4) is 0 Å². The molecule has 27 heavy (non-hydrogen) atoms. The summed E-state index contributed by atoms with van der Waals surface area (Å²) in [5, 5.41) is 9.64. The van der Waals surface area contributed by atoms with E-state index in [2.05, 4.69) is 9.71 Å². The third-order valence-electron chi connectivity index (χ3n) is 4.18. The smallest absolute Gasteiger partial charge is 0.335 e. The molecule has 0 spiro atoms. The fourth-order valence-corrected chi connectivity index (χ4v) is 4.23. The lowest BCUT2D eigenvalue weighted by molar-refractivity contribution is 0.0697. The fraction of sp³-hybridized carbons (Fsp3) is 0.222. The SMILES string of the molecule is CCn1c([C@@H](C)NS(=O)(=O)c2ccc(Cl)cc2)nc2ccc(C(=O)O)cc21. The summed E-state index contributed by atoms with van der Waals surface area (Å²) in [6.45, 7) is 4.10. The molecule has 0 aliphatic carbocycles. The molecular formula is C18H18ClN3O4S. The predicted molar refractivity (Wildman–Crippen MR) is 103 cm³/mol. The first-order chi connectivity index (χ1) is 12.7. The third kappa shape index (κ3) is 3.83. The van der Waals surface area contributed by atoms with E-state index in [1.54, 1.807) is 17.6 Å². The molecule has 3 aromatic rings. The summed E-state index contributed by atoms with van der Waals surface area (Å²) in [4.78, 5) is 15.8. The summed E-state index contributed by atoms with van der Waals surface area (Å²) in [5.74, 6) is -0.522. The van der Waals surface area contributed by atoms with Crippen molar-refractivity contribution in [3.63, 3.8) is 0 Å². The van der Waals surface area contributed by atoms with E-state index in [9.17, 15) is 18.3 Å². The predicted octanol–water partition coefficient (Wildman–Crippen LogP) is 3.45. The van der Waals surface area contributed by atoms with E-state index in [1.165, 1.54) is 36.4 Å². The number of carboxylic acid groups (broad SMARTS) is 1. The average Bonchev–Trinajstić information content (AvgIpc) is 2.99. The van der Waals surface area contributed by atoms with Gasteiger partial charge in [-0.15, -0.1) is 0 Å². The molecule has 0 radical (unpaired) electrons. The normalized spacial score (nSPS) is 13.0. The number of hydrogen-bond donors (Lipinski definition) is 2. The Balaban J connectivity index is 1.98.